The predicted molar refractivity (Wildman–Crippen MR) is 81.7 cm³/mol. The van der Waals surface area contributed by atoms with Gasteiger partial charge in [0.15, 0.2) is 0 Å². The Balaban J connectivity index is 1.82. The van der Waals surface area contributed by atoms with Gasteiger partial charge in [0.05, 0.1) is 12.0 Å². The molecule has 2 atom stereocenters. The van der Waals surface area contributed by atoms with Crippen molar-refractivity contribution in [3.05, 3.63) is 58.0 Å². The molecule has 3 nitrogen and oxygen atoms in total. The lowest BCUT2D eigenvalue weighted by Gasteiger charge is -2.20. The van der Waals surface area contributed by atoms with Crippen LogP contribution in [0, 0.1) is 11.7 Å². The minimum absolute atomic E-state index is 0.0212. The van der Waals surface area contributed by atoms with Crippen molar-refractivity contribution >= 4 is 17.2 Å². The molecule has 0 saturated carbocycles. The average molecular weight is 304 g/mol. The molecule has 2 N–H and O–H groups in total. The third-order valence-corrected chi connectivity index (χ3v) is 4.69. The van der Waals surface area contributed by atoms with Crippen LogP contribution in [0.4, 0.5) is 4.39 Å². The molecule has 0 radical (unpaired) electrons. The van der Waals surface area contributed by atoms with Crippen molar-refractivity contribution in [2.45, 2.75) is 12.5 Å². The predicted octanol–water partition coefficient (Wildman–Crippen LogP) is 2.70. The van der Waals surface area contributed by atoms with Crippen molar-refractivity contribution in [1.82, 2.24) is 10.6 Å². The standard InChI is InChI=1S/C16H17FN2OS/c17-13-5-3-11(4-6-13)15(14-2-1-9-21-14)19-16(20)12-7-8-18-10-12/h1-6,9,12,15,18H,7-8,10H2,(H,19,20). The highest BCUT2D eigenvalue weighted by Gasteiger charge is 2.26. The first-order valence-corrected chi connectivity index (χ1v) is 7.92. The molecule has 2 heterocycles. The van der Waals surface area contributed by atoms with Crippen LogP contribution < -0.4 is 10.6 Å². The Morgan fingerprint density at radius 3 is 2.76 bits per heavy atom. The van der Waals surface area contributed by atoms with Crippen LogP contribution in [0.25, 0.3) is 0 Å². The molecule has 0 aliphatic carbocycles. The Bertz CT molecular complexity index is 591. The lowest BCUT2D eigenvalue weighted by molar-refractivity contribution is -0.124. The molecule has 1 aliphatic rings. The molecule has 5 heteroatoms. The van der Waals surface area contributed by atoms with Crippen LogP contribution in [0.15, 0.2) is 41.8 Å². The SMILES string of the molecule is O=C(NC(c1ccc(F)cc1)c1cccs1)C1CCNC1. The van der Waals surface area contributed by atoms with Gasteiger partial charge in [0.25, 0.3) is 0 Å². The molecule has 1 aromatic carbocycles. The van der Waals surface area contributed by atoms with Gasteiger partial charge in [0, 0.05) is 11.4 Å². The molecule has 3 rings (SSSR count). The van der Waals surface area contributed by atoms with E-state index in [9.17, 15) is 9.18 Å². The summed E-state index contributed by atoms with van der Waals surface area (Å²) in [7, 11) is 0. The van der Waals surface area contributed by atoms with Gasteiger partial charge in [0.1, 0.15) is 5.82 Å². The van der Waals surface area contributed by atoms with E-state index < -0.39 is 0 Å². The lowest BCUT2D eigenvalue weighted by atomic mass is 10.0. The summed E-state index contributed by atoms with van der Waals surface area (Å²) in [6, 6.07) is 10.1. The second-order valence-corrected chi connectivity index (χ2v) is 6.18. The Morgan fingerprint density at radius 2 is 2.14 bits per heavy atom. The number of halogens is 1. The first-order chi connectivity index (χ1) is 10.2. The number of hydrogen-bond donors (Lipinski definition) is 2. The van der Waals surface area contributed by atoms with E-state index in [0.29, 0.717) is 0 Å². The smallest absolute Gasteiger partial charge is 0.225 e. The normalized spacial score (nSPS) is 19.4. The third kappa shape index (κ3) is 3.31. The number of carbonyl (C=O) groups excluding carboxylic acids is 1. The lowest BCUT2D eigenvalue weighted by Crippen LogP contribution is -2.35. The van der Waals surface area contributed by atoms with Gasteiger partial charge in [-0.05, 0) is 42.1 Å². The highest BCUT2D eigenvalue weighted by Crippen LogP contribution is 2.27. The van der Waals surface area contributed by atoms with Crippen molar-refractivity contribution in [3.63, 3.8) is 0 Å². The van der Waals surface area contributed by atoms with Gasteiger partial charge in [-0.2, -0.15) is 0 Å². The number of thiophene rings is 1. The van der Waals surface area contributed by atoms with Crippen LogP contribution in [0.1, 0.15) is 22.9 Å². The van der Waals surface area contributed by atoms with Crippen LogP contribution in [0.5, 0.6) is 0 Å². The van der Waals surface area contributed by atoms with Crippen LogP contribution in [0.2, 0.25) is 0 Å². The van der Waals surface area contributed by atoms with Gasteiger partial charge >= 0.3 is 0 Å². The topological polar surface area (TPSA) is 41.1 Å². The van der Waals surface area contributed by atoms with Gasteiger partial charge in [-0.1, -0.05) is 18.2 Å². The summed E-state index contributed by atoms with van der Waals surface area (Å²) < 4.78 is 13.1. The monoisotopic (exact) mass is 304 g/mol. The first kappa shape index (κ1) is 14.2. The maximum absolute atomic E-state index is 13.1. The molecule has 1 aliphatic heterocycles. The molecule has 2 unspecified atom stereocenters. The summed E-state index contributed by atoms with van der Waals surface area (Å²) in [6.07, 6.45) is 0.867. The van der Waals surface area contributed by atoms with Crippen LogP contribution >= 0.6 is 11.3 Å². The zero-order valence-electron chi connectivity index (χ0n) is 11.5. The van der Waals surface area contributed by atoms with Gasteiger partial charge in [0.2, 0.25) is 5.91 Å². The van der Waals surface area contributed by atoms with E-state index >= 15 is 0 Å². The second-order valence-electron chi connectivity index (χ2n) is 5.20. The average Bonchev–Trinajstić information content (AvgIpc) is 3.19. The van der Waals surface area contributed by atoms with Gasteiger partial charge in [-0.15, -0.1) is 11.3 Å². The Kier molecular flexibility index (Phi) is 4.31. The number of carbonyl (C=O) groups is 1. The zero-order valence-corrected chi connectivity index (χ0v) is 12.3. The minimum Gasteiger partial charge on any atom is -0.344 e. The van der Waals surface area contributed by atoms with Crippen molar-refractivity contribution in [1.29, 1.82) is 0 Å². The van der Waals surface area contributed by atoms with Crippen molar-refractivity contribution in [2.75, 3.05) is 13.1 Å². The van der Waals surface area contributed by atoms with E-state index in [1.165, 1.54) is 12.1 Å². The number of hydrogen-bond acceptors (Lipinski definition) is 3. The first-order valence-electron chi connectivity index (χ1n) is 7.04. The number of benzene rings is 1. The zero-order chi connectivity index (χ0) is 14.7. The summed E-state index contributed by atoms with van der Waals surface area (Å²) in [5.41, 5.74) is 0.901. The molecular formula is C16H17FN2OS. The minimum atomic E-state index is -0.269. The van der Waals surface area contributed by atoms with E-state index in [2.05, 4.69) is 10.6 Å². The maximum atomic E-state index is 13.1. The van der Waals surface area contributed by atoms with E-state index in [1.54, 1.807) is 23.5 Å². The quantitative estimate of drug-likeness (QED) is 0.912. The summed E-state index contributed by atoms with van der Waals surface area (Å²) in [5, 5.41) is 8.29. The number of nitrogens with one attached hydrogen (secondary N) is 2. The highest BCUT2D eigenvalue weighted by atomic mass is 32.1. The molecular weight excluding hydrogens is 287 g/mol. The molecule has 1 saturated heterocycles. The second kappa shape index (κ2) is 6.37. The highest BCUT2D eigenvalue weighted by molar-refractivity contribution is 7.10. The van der Waals surface area contributed by atoms with Crippen LogP contribution in [-0.4, -0.2) is 19.0 Å². The van der Waals surface area contributed by atoms with Crippen LogP contribution in [-0.2, 0) is 4.79 Å². The fraction of sp³-hybridized carbons (Fsp3) is 0.312. The molecule has 0 bridgehead atoms. The van der Waals surface area contributed by atoms with Gasteiger partial charge < -0.3 is 10.6 Å². The van der Waals surface area contributed by atoms with Gasteiger partial charge in [-0.25, -0.2) is 4.39 Å². The molecule has 1 aromatic heterocycles. The van der Waals surface area contributed by atoms with E-state index in [1.807, 2.05) is 17.5 Å². The Labute approximate surface area is 127 Å². The van der Waals surface area contributed by atoms with Crippen molar-refractivity contribution in [2.24, 2.45) is 5.92 Å². The largest absolute Gasteiger partial charge is 0.344 e. The van der Waals surface area contributed by atoms with Crippen molar-refractivity contribution < 1.29 is 9.18 Å². The Hall–Kier alpha value is -1.72. The molecule has 0 spiro atoms. The summed E-state index contributed by atoms with van der Waals surface area (Å²) in [6.45, 7) is 1.62. The maximum Gasteiger partial charge on any atom is 0.225 e. The fourth-order valence-electron chi connectivity index (χ4n) is 2.57. The van der Waals surface area contributed by atoms with E-state index in [4.69, 9.17) is 0 Å². The fourth-order valence-corrected chi connectivity index (χ4v) is 3.37. The number of rotatable bonds is 4. The number of amides is 1. The molecule has 21 heavy (non-hydrogen) atoms. The summed E-state index contributed by atoms with van der Waals surface area (Å²) in [5.74, 6) is -0.189. The van der Waals surface area contributed by atoms with Gasteiger partial charge in [-0.3, -0.25) is 4.79 Å². The summed E-state index contributed by atoms with van der Waals surface area (Å²) >= 11 is 1.59. The summed E-state index contributed by atoms with van der Waals surface area (Å²) in [4.78, 5) is 13.4. The van der Waals surface area contributed by atoms with Crippen LogP contribution in [0.3, 0.4) is 0 Å². The van der Waals surface area contributed by atoms with E-state index in [0.717, 1.165) is 30.0 Å². The van der Waals surface area contributed by atoms with Crippen molar-refractivity contribution in [3.8, 4) is 0 Å². The molecule has 110 valence electrons. The molecule has 1 amide bonds. The third-order valence-electron chi connectivity index (χ3n) is 3.75. The molecule has 1 fully saturated rings. The van der Waals surface area contributed by atoms with E-state index in [-0.39, 0.29) is 23.7 Å². The Morgan fingerprint density at radius 1 is 1.33 bits per heavy atom. The molecule has 2 aromatic rings.